The first-order valence-corrected chi connectivity index (χ1v) is 6.75. The maximum Gasteiger partial charge on any atom is 0.221 e. The summed E-state index contributed by atoms with van der Waals surface area (Å²) in [5.41, 5.74) is 0. The van der Waals surface area contributed by atoms with Gasteiger partial charge in [-0.1, -0.05) is 73.5 Å². The van der Waals surface area contributed by atoms with E-state index in [1.165, 1.54) is 0 Å². The average Bonchev–Trinajstić information content (AvgIpc) is 2.28. The van der Waals surface area contributed by atoms with Gasteiger partial charge in [-0.25, -0.2) is 0 Å². The normalized spacial score (nSPS) is 14.2. The van der Waals surface area contributed by atoms with Gasteiger partial charge in [0, 0.05) is 15.1 Å². The third kappa shape index (κ3) is 7.43. The summed E-state index contributed by atoms with van der Waals surface area (Å²) in [4.78, 5) is 0. The predicted molar refractivity (Wildman–Crippen MR) is 78.4 cm³/mol. The highest BCUT2D eigenvalue weighted by atomic mass is 35.5. The van der Waals surface area contributed by atoms with Gasteiger partial charge in [-0.3, -0.25) is 0 Å². The van der Waals surface area contributed by atoms with Crippen LogP contribution in [-0.2, 0) is 0 Å². The molecular formula is C12H18BCl3. The SMILES string of the molecule is CC/C(Cl)=C\B(/C=C(/Cl)CC)/C=C(/Cl)CC. The zero-order valence-corrected chi connectivity index (χ0v) is 12.3. The van der Waals surface area contributed by atoms with E-state index in [0.717, 1.165) is 34.4 Å². The summed E-state index contributed by atoms with van der Waals surface area (Å²) in [6, 6.07) is 0. The van der Waals surface area contributed by atoms with Crippen LogP contribution in [0.15, 0.2) is 33.0 Å². The summed E-state index contributed by atoms with van der Waals surface area (Å²) in [5.74, 6) is 5.95. The molecule has 0 amide bonds. The minimum Gasteiger partial charge on any atom is -0.0917 e. The van der Waals surface area contributed by atoms with Crippen LogP contribution in [0.3, 0.4) is 0 Å². The Morgan fingerprint density at radius 3 is 1.19 bits per heavy atom. The minimum absolute atomic E-state index is 0.0901. The van der Waals surface area contributed by atoms with Gasteiger partial charge in [-0.2, -0.15) is 0 Å². The maximum atomic E-state index is 6.03. The van der Waals surface area contributed by atoms with Crippen LogP contribution >= 0.6 is 34.8 Å². The molecule has 0 saturated carbocycles. The molecule has 0 nitrogen and oxygen atoms in total. The molecule has 0 aliphatic carbocycles. The standard InChI is InChI=1S/C12H18BCl3/c1-4-10(14)7-13(8-11(15)5-2)9-12(16)6-3/h7-9H,4-6H2,1-3H3/b10-7+,11-8+,12-9+. The molecule has 0 atom stereocenters. The molecule has 90 valence electrons. The Labute approximate surface area is 114 Å². The molecule has 0 aromatic rings. The van der Waals surface area contributed by atoms with Gasteiger partial charge in [0.1, 0.15) is 0 Å². The molecule has 0 aliphatic heterocycles. The largest absolute Gasteiger partial charge is 0.221 e. The van der Waals surface area contributed by atoms with Crippen LogP contribution in [0, 0.1) is 0 Å². The number of rotatable bonds is 6. The molecule has 0 radical (unpaired) electrons. The lowest BCUT2D eigenvalue weighted by Crippen LogP contribution is -2.04. The van der Waals surface area contributed by atoms with Crippen molar-refractivity contribution in [1.29, 1.82) is 0 Å². The first-order chi connectivity index (χ1) is 7.53. The Morgan fingerprint density at radius 2 is 1.00 bits per heavy atom. The number of hydrogen-bond acceptors (Lipinski definition) is 0. The monoisotopic (exact) mass is 278 g/mol. The first kappa shape index (κ1) is 16.2. The Hall–Kier alpha value is 0.155. The molecule has 0 heterocycles. The quantitative estimate of drug-likeness (QED) is 0.547. The van der Waals surface area contributed by atoms with Gasteiger partial charge >= 0.3 is 0 Å². The third-order valence-electron chi connectivity index (χ3n) is 2.13. The highest BCUT2D eigenvalue weighted by Crippen LogP contribution is 2.15. The first-order valence-electron chi connectivity index (χ1n) is 5.61. The molecule has 0 bridgehead atoms. The van der Waals surface area contributed by atoms with Gasteiger partial charge < -0.3 is 0 Å². The fourth-order valence-electron chi connectivity index (χ4n) is 1.12. The predicted octanol–water partition coefficient (Wildman–Crippen LogP) is 5.70. The van der Waals surface area contributed by atoms with E-state index in [1.807, 2.05) is 38.7 Å². The second-order valence-corrected chi connectivity index (χ2v) is 4.94. The summed E-state index contributed by atoms with van der Waals surface area (Å²) in [5, 5.41) is 2.50. The van der Waals surface area contributed by atoms with E-state index in [1.54, 1.807) is 0 Å². The molecule has 0 aromatic carbocycles. The summed E-state index contributed by atoms with van der Waals surface area (Å²) in [6.07, 6.45) is 2.48. The highest BCUT2D eigenvalue weighted by Gasteiger charge is 2.07. The molecule has 0 saturated heterocycles. The second-order valence-electron chi connectivity index (χ2n) is 3.48. The Bertz CT molecular complexity index is 245. The molecule has 0 aliphatic rings. The van der Waals surface area contributed by atoms with Crippen molar-refractivity contribution in [3.8, 4) is 0 Å². The van der Waals surface area contributed by atoms with Gasteiger partial charge in [-0.15, -0.1) is 0 Å². The molecule has 0 rings (SSSR count). The van der Waals surface area contributed by atoms with E-state index in [9.17, 15) is 0 Å². The molecule has 0 aromatic heterocycles. The fourth-order valence-corrected chi connectivity index (χ4v) is 1.56. The van der Waals surface area contributed by atoms with Gasteiger partial charge in [-0.05, 0) is 19.3 Å². The van der Waals surface area contributed by atoms with Crippen LogP contribution in [0.1, 0.15) is 40.0 Å². The second kappa shape index (κ2) is 9.21. The van der Waals surface area contributed by atoms with Crippen LogP contribution in [0.5, 0.6) is 0 Å². The number of halogens is 3. The lowest BCUT2D eigenvalue weighted by molar-refractivity contribution is 1.19. The van der Waals surface area contributed by atoms with E-state index in [2.05, 4.69) is 0 Å². The molecule has 16 heavy (non-hydrogen) atoms. The average molecular weight is 279 g/mol. The maximum absolute atomic E-state index is 6.03. The van der Waals surface area contributed by atoms with Crippen molar-refractivity contribution >= 4 is 41.5 Å². The molecule has 0 N–H and O–H groups in total. The van der Waals surface area contributed by atoms with Gasteiger partial charge in [0.05, 0.1) is 0 Å². The lowest BCUT2D eigenvalue weighted by atomic mass is 9.49. The van der Waals surface area contributed by atoms with E-state index in [-0.39, 0.29) is 6.71 Å². The number of hydrogen-bond donors (Lipinski definition) is 0. The van der Waals surface area contributed by atoms with Crippen LogP contribution in [0.25, 0.3) is 0 Å². The van der Waals surface area contributed by atoms with Gasteiger partial charge in [0.2, 0.25) is 6.71 Å². The van der Waals surface area contributed by atoms with Crippen molar-refractivity contribution in [3.63, 3.8) is 0 Å². The Balaban J connectivity index is 4.92. The molecule has 0 fully saturated rings. The molecule has 0 unspecified atom stereocenters. The van der Waals surface area contributed by atoms with Crippen molar-refractivity contribution in [2.45, 2.75) is 40.0 Å². The smallest absolute Gasteiger partial charge is 0.0917 e. The van der Waals surface area contributed by atoms with Crippen LogP contribution in [0.2, 0.25) is 0 Å². The molecule has 0 spiro atoms. The van der Waals surface area contributed by atoms with Crippen LogP contribution in [-0.4, -0.2) is 6.71 Å². The van der Waals surface area contributed by atoms with Crippen LogP contribution < -0.4 is 0 Å². The van der Waals surface area contributed by atoms with E-state index in [4.69, 9.17) is 34.8 Å². The van der Waals surface area contributed by atoms with Crippen molar-refractivity contribution in [2.24, 2.45) is 0 Å². The van der Waals surface area contributed by atoms with Crippen molar-refractivity contribution in [1.82, 2.24) is 0 Å². The zero-order chi connectivity index (χ0) is 12.6. The Kier molecular flexibility index (Phi) is 9.30. The van der Waals surface area contributed by atoms with Crippen molar-refractivity contribution < 1.29 is 0 Å². The number of allylic oxidation sites excluding steroid dienone is 3. The van der Waals surface area contributed by atoms with Crippen molar-refractivity contribution in [2.75, 3.05) is 0 Å². The molecule has 4 heteroatoms. The Morgan fingerprint density at radius 1 is 0.750 bits per heavy atom. The van der Waals surface area contributed by atoms with E-state index < -0.39 is 0 Å². The van der Waals surface area contributed by atoms with Gasteiger partial charge in [0.15, 0.2) is 0 Å². The van der Waals surface area contributed by atoms with Crippen molar-refractivity contribution in [3.05, 3.63) is 33.0 Å². The summed E-state index contributed by atoms with van der Waals surface area (Å²) >= 11 is 18.1. The zero-order valence-electron chi connectivity index (χ0n) is 10.1. The van der Waals surface area contributed by atoms with E-state index in [0.29, 0.717) is 0 Å². The van der Waals surface area contributed by atoms with Crippen LogP contribution in [0.4, 0.5) is 0 Å². The lowest BCUT2D eigenvalue weighted by Gasteiger charge is -2.02. The van der Waals surface area contributed by atoms with E-state index >= 15 is 0 Å². The third-order valence-corrected chi connectivity index (χ3v) is 3.31. The topological polar surface area (TPSA) is 0 Å². The fraction of sp³-hybridized carbons (Fsp3) is 0.500. The summed E-state index contributed by atoms with van der Waals surface area (Å²) < 4.78 is 0. The summed E-state index contributed by atoms with van der Waals surface area (Å²) in [6.45, 7) is 6.15. The molecular weight excluding hydrogens is 261 g/mol. The van der Waals surface area contributed by atoms with Gasteiger partial charge in [0.25, 0.3) is 0 Å². The highest BCUT2D eigenvalue weighted by molar-refractivity contribution is 6.76. The minimum atomic E-state index is 0.0901. The summed E-state index contributed by atoms with van der Waals surface area (Å²) in [7, 11) is 0.